The molecule has 0 bridgehead atoms. The maximum absolute atomic E-state index is 6.16. The van der Waals surface area contributed by atoms with E-state index >= 15 is 0 Å². The van der Waals surface area contributed by atoms with Crippen LogP contribution in [0.2, 0.25) is 0 Å². The number of hydrogen-bond acceptors (Lipinski definition) is 3. The number of hydrogen-bond donors (Lipinski definition) is 0. The van der Waals surface area contributed by atoms with Gasteiger partial charge < -0.3 is 9.64 Å². The van der Waals surface area contributed by atoms with Crippen molar-refractivity contribution in [2.24, 2.45) is 0 Å². The Labute approximate surface area is 127 Å². The van der Waals surface area contributed by atoms with Crippen LogP contribution in [-0.4, -0.2) is 37.1 Å². The Kier molecular flexibility index (Phi) is 5.90. The number of benzene rings is 1. The van der Waals surface area contributed by atoms with Crippen molar-refractivity contribution in [3.05, 3.63) is 65.5 Å². The summed E-state index contributed by atoms with van der Waals surface area (Å²) in [7, 11) is 4.11. The molecule has 1 aromatic heterocycles. The minimum absolute atomic E-state index is 0.0951. The lowest BCUT2D eigenvalue weighted by molar-refractivity contribution is 0.0657. The molecule has 3 nitrogen and oxygen atoms in total. The van der Waals surface area contributed by atoms with E-state index < -0.39 is 0 Å². The van der Waals surface area contributed by atoms with Crippen LogP contribution in [0.15, 0.2) is 48.7 Å². The maximum Gasteiger partial charge on any atom is 0.125 e. The van der Waals surface area contributed by atoms with Gasteiger partial charge in [0, 0.05) is 12.7 Å². The molecule has 0 aliphatic heterocycles. The van der Waals surface area contributed by atoms with Gasteiger partial charge in [-0.15, -0.1) is 0 Å². The SMILES string of the molecule is CCc1ccccc1C(OCCN(C)C)c1ccccn1. The standard InChI is InChI=1S/C18H24N2O/c1-4-15-9-5-6-10-16(15)18(21-14-13-20(2)3)17-11-7-8-12-19-17/h5-12,18H,4,13-14H2,1-3H3. The van der Waals surface area contributed by atoms with Gasteiger partial charge in [0.05, 0.1) is 12.3 Å². The summed E-state index contributed by atoms with van der Waals surface area (Å²) in [5, 5.41) is 0. The summed E-state index contributed by atoms with van der Waals surface area (Å²) < 4.78 is 6.16. The molecular formula is C18H24N2O. The Morgan fingerprint density at radius 1 is 1.10 bits per heavy atom. The highest BCUT2D eigenvalue weighted by Crippen LogP contribution is 2.27. The fourth-order valence-corrected chi connectivity index (χ4v) is 2.33. The number of aryl methyl sites for hydroxylation is 1. The summed E-state index contributed by atoms with van der Waals surface area (Å²) in [6.45, 7) is 3.76. The molecule has 1 aromatic carbocycles. The highest BCUT2D eigenvalue weighted by atomic mass is 16.5. The Morgan fingerprint density at radius 2 is 1.86 bits per heavy atom. The molecule has 0 saturated carbocycles. The first-order chi connectivity index (χ1) is 10.2. The highest BCUT2D eigenvalue weighted by molar-refractivity contribution is 5.34. The van der Waals surface area contributed by atoms with E-state index in [0.717, 1.165) is 18.7 Å². The molecule has 112 valence electrons. The van der Waals surface area contributed by atoms with Crippen LogP contribution >= 0.6 is 0 Å². The van der Waals surface area contributed by atoms with E-state index in [-0.39, 0.29) is 6.10 Å². The molecule has 0 aliphatic rings. The second kappa shape index (κ2) is 7.91. The zero-order chi connectivity index (χ0) is 15.1. The molecule has 1 unspecified atom stereocenters. The summed E-state index contributed by atoms with van der Waals surface area (Å²) in [6.07, 6.45) is 2.73. The number of likely N-dealkylation sites (N-methyl/N-ethyl adjacent to an activating group) is 1. The van der Waals surface area contributed by atoms with E-state index in [9.17, 15) is 0 Å². The van der Waals surface area contributed by atoms with Crippen molar-refractivity contribution in [2.75, 3.05) is 27.2 Å². The molecule has 0 amide bonds. The Bertz CT molecular complexity index is 540. The van der Waals surface area contributed by atoms with Gasteiger partial charge in [-0.2, -0.15) is 0 Å². The largest absolute Gasteiger partial charge is 0.366 e. The van der Waals surface area contributed by atoms with E-state index in [1.54, 1.807) is 0 Å². The maximum atomic E-state index is 6.16. The molecule has 0 saturated heterocycles. The van der Waals surface area contributed by atoms with E-state index in [1.807, 2.05) is 24.4 Å². The van der Waals surface area contributed by atoms with Gasteiger partial charge in [0.25, 0.3) is 0 Å². The lowest BCUT2D eigenvalue weighted by atomic mass is 9.98. The number of pyridine rings is 1. The van der Waals surface area contributed by atoms with Gasteiger partial charge in [0.15, 0.2) is 0 Å². The molecule has 0 N–H and O–H groups in total. The van der Waals surface area contributed by atoms with Crippen molar-refractivity contribution in [1.82, 2.24) is 9.88 Å². The van der Waals surface area contributed by atoms with Crippen LogP contribution in [0.4, 0.5) is 0 Å². The molecule has 1 heterocycles. The Morgan fingerprint density at radius 3 is 2.52 bits per heavy atom. The van der Waals surface area contributed by atoms with Gasteiger partial charge in [-0.25, -0.2) is 0 Å². The average Bonchev–Trinajstić information content (AvgIpc) is 2.52. The third-order valence-electron chi connectivity index (χ3n) is 3.50. The van der Waals surface area contributed by atoms with Gasteiger partial charge in [-0.05, 0) is 43.8 Å². The Balaban J connectivity index is 2.27. The molecule has 3 heteroatoms. The molecule has 2 aromatic rings. The summed E-state index contributed by atoms with van der Waals surface area (Å²) >= 11 is 0. The Hall–Kier alpha value is -1.71. The molecule has 0 fully saturated rings. The quantitative estimate of drug-likeness (QED) is 0.780. The van der Waals surface area contributed by atoms with Crippen molar-refractivity contribution >= 4 is 0 Å². The minimum atomic E-state index is -0.0951. The van der Waals surface area contributed by atoms with Crippen molar-refractivity contribution in [3.8, 4) is 0 Å². The molecule has 2 rings (SSSR count). The highest BCUT2D eigenvalue weighted by Gasteiger charge is 2.18. The fourth-order valence-electron chi connectivity index (χ4n) is 2.33. The molecule has 0 spiro atoms. The number of aromatic nitrogens is 1. The van der Waals surface area contributed by atoms with Gasteiger partial charge in [-0.1, -0.05) is 37.3 Å². The topological polar surface area (TPSA) is 25.4 Å². The molecular weight excluding hydrogens is 260 g/mol. The summed E-state index contributed by atoms with van der Waals surface area (Å²) in [5.41, 5.74) is 3.51. The molecule has 0 radical (unpaired) electrons. The van der Waals surface area contributed by atoms with Crippen molar-refractivity contribution in [1.29, 1.82) is 0 Å². The van der Waals surface area contributed by atoms with Gasteiger partial charge in [-0.3, -0.25) is 4.98 Å². The predicted octanol–water partition coefficient (Wildman–Crippen LogP) is 3.31. The van der Waals surface area contributed by atoms with Crippen LogP contribution in [0, 0.1) is 0 Å². The smallest absolute Gasteiger partial charge is 0.125 e. The van der Waals surface area contributed by atoms with Crippen LogP contribution in [0.3, 0.4) is 0 Å². The van der Waals surface area contributed by atoms with Gasteiger partial charge in [0.2, 0.25) is 0 Å². The zero-order valence-electron chi connectivity index (χ0n) is 13.1. The minimum Gasteiger partial charge on any atom is -0.366 e. The summed E-state index contributed by atoms with van der Waals surface area (Å²) in [6, 6.07) is 14.4. The lowest BCUT2D eigenvalue weighted by Crippen LogP contribution is -2.20. The first-order valence-corrected chi connectivity index (χ1v) is 7.47. The average molecular weight is 284 g/mol. The van der Waals surface area contributed by atoms with Crippen molar-refractivity contribution in [3.63, 3.8) is 0 Å². The molecule has 1 atom stereocenters. The number of nitrogens with zero attached hydrogens (tertiary/aromatic N) is 2. The second-order valence-corrected chi connectivity index (χ2v) is 5.36. The number of ether oxygens (including phenoxy) is 1. The van der Waals surface area contributed by atoms with Crippen LogP contribution in [-0.2, 0) is 11.2 Å². The third kappa shape index (κ3) is 4.38. The summed E-state index contributed by atoms with van der Waals surface area (Å²) in [5.74, 6) is 0. The third-order valence-corrected chi connectivity index (χ3v) is 3.50. The first kappa shape index (κ1) is 15.7. The second-order valence-electron chi connectivity index (χ2n) is 5.36. The van der Waals surface area contributed by atoms with E-state index in [1.165, 1.54) is 11.1 Å². The molecule has 21 heavy (non-hydrogen) atoms. The van der Waals surface area contributed by atoms with Crippen LogP contribution in [0.5, 0.6) is 0 Å². The van der Waals surface area contributed by atoms with Crippen molar-refractivity contribution in [2.45, 2.75) is 19.4 Å². The monoisotopic (exact) mass is 284 g/mol. The van der Waals surface area contributed by atoms with Gasteiger partial charge in [0.1, 0.15) is 6.10 Å². The van der Waals surface area contributed by atoms with Crippen LogP contribution < -0.4 is 0 Å². The van der Waals surface area contributed by atoms with Gasteiger partial charge >= 0.3 is 0 Å². The summed E-state index contributed by atoms with van der Waals surface area (Å²) in [4.78, 5) is 6.62. The normalized spacial score (nSPS) is 12.6. The van der Waals surface area contributed by atoms with Crippen LogP contribution in [0.25, 0.3) is 0 Å². The first-order valence-electron chi connectivity index (χ1n) is 7.47. The fraction of sp³-hybridized carbons (Fsp3) is 0.389. The predicted molar refractivity (Wildman–Crippen MR) is 86.4 cm³/mol. The molecule has 0 aliphatic carbocycles. The van der Waals surface area contributed by atoms with E-state index in [0.29, 0.717) is 6.61 Å². The van der Waals surface area contributed by atoms with Crippen molar-refractivity contribution < 1.29 is 4.74 Å². The number of rotatable bonds is 7. The van der Waals surface area contributed by atoms with E-state index in [2.05, 4.69) is 55.2 Å². The zero-order valence-corrected chi connectivity index (χ0v) is 13.1. The van der Waals surface area contributed by atoms with E-state index in [4.69, 9.17) is 4.74 Å². The van der Waals surface area contributed by atoms with Crippen LogP contribution in [0.1, 0.15) is 29.8 Å². The lowest BCUT2D eigenvalue weighted by Gasteiger charge is -2.21.